The first-order valence-corrected chi connectivity index (χ1v) is 9.63. The third-order valence-corrected chi connectivity index (χ3v) is 5.29. The van der Waals surface area contributed by atoms with Crippen molar-refractivity contribution in [2.45, 2.75) is 45.8 Å². The molecule has 2 aromatic carbocycles. The highest BCUT2D eigenvalue weighted by Gasteiger charge is 2.29. The Morgan fingerprint density at radius 1 is 1.07 bits per heavy atom. The zero-order valence-electron chi connectivity index (χ0n) is 16.4. The third-order valence-electron chi connectivity index (χ3n) is 5.29. The number of amides is 1. The second-order valence-corrected chi connectivity index (χ2v) is 7.48. The van der Waals surface area contributed by atoms with E-state index in [9.17, 15) is 9.59 Å². The monoisotopic (exact) mass is 376 g/mol. The van der Waals surface area contributed by atoms with Crippen molar-refractivity contribution >= 4 is 28.3 Å². The maximum Gasteiger partial charge on any atom is 0.340 e. The molecular formula is C23H24N2O3. The molecule has 1 N–H and O–H groups in total. The first-order valence-electron chi connectivity index (χ1n) is 9.63. The quantitative estimate of drug-likeness (QED) is 0.652. The summed E-state index contributed by atoms with van der Waals surface area (Å²) in [6.07, 6.45) is 1.41. The van der Waals surface area contributed by atoms with Gasteiger partial charge in [-0.05, 0) is 62.6 Å². The van der Waals surface area contributed by atoms with Gasteiger partial charge in [-0.2, -0.15) is 0 Å². The minimum Gasteiger partial charge on any atom is -0.449 e. The van der Waals surface area contributed by atoms with E-state index in [4.69, 9.17) is 4.74 Å². The summed E-state index contributed by atoms with van der Waals surface area (Å²) in [6.45, 7) is 5.52. The third kappa shape index (κ3) is 3.52. The van der Waals surface area contributed by atoms with E-state index in [-0.39, 0.29) is 5.91 Å². The summed E-state index contributed by atoms with van der Waals surface area (Å²) in [5.41, 5.74) is 3.18. The zero-order valence-corrected chi connectivity index (χ0v) is 16.4. The summed E-state index contributed by atoms with van der Waals surface area (Å²) in [6, 6.07) is 16.0. The van der Waals surface area contributed by atoms with Gasteiger partial charge in [-0.15, -0.1) is 0 Å². The van der Waals surface area contributed by atoms with E-state index in [0.29, 0.717) is 17.3 Å². The molecule has 0 radical (unpaired) electrons. The molecule has 1 saturated carbocycles. The second-order valence-electron chi connectivity index (χ2n) is 7.48. The van der Waals surface area contributed by atoms with Crippen LogP contribution in [-0.4, -0.2) is 22.5 Å². The van der Waals surface area contributed by atoms with Crippen molar-refractivity contribution in [1.82, 2.24) is 4.57 Å². The topological polar surface area (TPSA) is 60.3 Å². The van der Waals surface area contributed by atoms with Crippen LogP contribution in [-0.2, 0) is 9.53 Å². The van der Waals surface area contributed by atoms with Crippen LogP contribution in [0, 0.1) is 13.8 Å². The molecule has 1 atom stereocenters. The molecule has 0 bridgehead atoms. The first kappa shape index (κ1) is 18.3. The largest absolute Gasteiger partial charge is 0.449 e. The van der Waals surface area contributed by atoms with Crippen LogP contribution in [0.25, 0.3) is 10.8 Å². The van der Waals surface area contributed by atoms with Crippen LogP contribution in [0.3, 0.4) is 0 Å². The van der Waals surface area contributed by atoms with E-state index in [2.05, 4.69) is 9.88 Å². The van der Waals surface area contributed by atoms with Gasteiger partial charge in [0.25, 0.3) is 5.91 Å². The Balaban J connectivity index is 1.43. The molecule has 0 unspecified atom stereocenters. The molecule has 3 aromatic rings. The molecule has 0 aliphatic heterocycles. The number of aryl methyl sites for hydroxylation is 1. The smallest absolute Gasteiger partial charge is 0.340 e. The van der Waals surface area contributed by atoms with E-state index in [1.165, 1.54) is 0 Å². The lowest BCUT2D eigenvalue weighted by molar-refractivity contribution is -0.123. The molecule has 28 heavy (non-hydrogen) atoms. The van der Waals surface area contributed by atoms with Gasteiger partial charge in [-0.25, -0.2) is 4.79 Å². The summed E-state index contributed by atoms with van der Waals surface area (Å²) in [4.78, 5) is 25.1. The maximum absolute atomic E-state index is 12.6. The average Bonchev–Trinajstić information content (AvgIpc) is 3.46. The Morgan fingerprint density at radius 3 is 2.50 bits per heavy atom. The maximum atomic E-state index is 12.6. The number of ether oxygens (including phenoxy) is 1. The lowest BCUT2D eigenvalue weighted by Crippen LogP contribution is -2.30. The van der Waals surface area contributed by atoms with Gasteiger partial charge in [0.15, 0.2) is 6.10 Å². The molecule has 1 amide bonds. The van der Waals surface area contributed by atoms with Crippen LogP contribution in [0.1, 0.15) is 47.6 Å². The van der Waals surface area contributed by atoms with Crippen LogP contribution < -0.4 is 5.32 Å². The SMILES string of the molecule is Cc1cc(C(=O)O[C@H](C)C(=O)Nc2ccc3ccccc3c2)c(C)n1C1CC1. The summed E-state index contributed by atoms with van der Waals surface area (Å²) < 4.78 is 7.63. The number of carbonyl (C=O) groups excluding carboxylic acids is 2. The second kappa shape index (κ2) is 7.15. The number of carbonyl (C=O) groups is 2. The van der Waals surface area contributed by atoms with Gasteiger partial charge >= 0.3 is 5.97 Å². The van der Waals surface area contributed by atoms with Gasteiger partial charge in [-0.1, -0.05) is 30.3 Å². The molecule has 5 heteroatoms. The van der Waals surface area contributed by atoms with Crippen molar-refractivity contribution < 1.29 is 14.3 Å². The Morgan fingerprint density at radius 2 is 1.79 bits per heavy atom. The van der Waals surface area contributed by atoms with Crippen molar-refractivity contribution in [3.63, 3.8) is 0 Å². The van der Waals surface area contributed by atoms with Crippen molar-refractivity contribution in [3.8, 4) is 0 Å². The van der Waals surface area contributed by atoms with Crippen molar-refractivity contribution in [2.75, 3.05) is 5.32 Å². The minimum atomic E-state index is -0.886. The van der Waals surface area contributed by atoms with E-state index in [1.54, 1.807) is 6.92 Å². The molecule has 1 aliphatic carbocycles. The zero-order chi connectivity index (χ0) is 19.8. The number of benzene rings is 2. The van der Waals surface area contributed by atoms with Crippen LogP contribution in [0.2, 0.25) is 0 Å². The van der Waals surface area contributed by atoms with E-state index < -0.39 is 12.1 Å². The molecule has 5 nitrogen and oxygen atoms in total. The fourth-order valence-electron chi connectivity index (χ4n) is 3.67. The number of fused-ring (bicyclic) bond motifs is 1. The number of anilines is 1. The van der Waals surface area contributed by atoms with E-state index in [1.807, 2.05) is 62.4 Å². The molecule has 4 rings (SSSR count). The lowest BCUT2D eigenvalue weighted by atomic mass is 10.1. The van der Waals surface area contributed by atoms with Crippen molar-refractivity contribution in [3.05, 3.63) is 65.5 Å². The molecule has 0 saturated heterocycles. The molecule has 0 spiro atoms. The number of aromatic nitrogens is 1. The van der Waals surface area contributed by atoms with Crippen molar-refractivity contribution in [1.29, 1.82) is 0 Å². The molecule has 1 heterocycles. The molecule has 1 aromatic heterocycles. The Hall–Kier alpha value is -3.08. The summed E-state index contributed by atoms with van der Waals surface area (Å²) in [7, 11) is 0. The number of esters is 1. The Labute approximate surface area is 164 Å². The van der Waals surface area contributed by atoms with Crippen LogP contribution in [0.15, 0.2) is 48.5 Å². The van der Waals surface area contributed by atoms with E-state index in [0.717, 1.165) is 35.0 Å². The number of hydrogen-bond donors (Lipinski definition) is 1. The van der Waals surface area contributed by atoms with Crippen molar-refractivity contribution in [2.24, 2.45) is 0 Å². The average molecular weight is 376 g/mol. The standard InChI is InChI=1S/C23H24N2O3/c1-14-12-21(15(2)25(14)20-10-11-20)23(27)28-16(3)22(26)24-19-9-8-17-6-4-5-7-18(17)13-19/h4-9,12-13,16,20H,10-11H2,1-3H3,(H,24,26)/t16-/m1/s1. The Bertz CT molecular complexity index is 1060. The highest BCUT2D eigenvalue weighted by Crippen LogP contribution is 2.38. The van der Waals surface area contributed by atoms with Gasteiger partial charge in [0.1, 0.15) is 0 Å². The predicted octanol–water partition coefficient (Wildman–Crippen LogP) is 4.78. The van der Waals surface area contributed by atoms with Gasteiger partial charge in [0, 0.05) is 23.1 Å². The first-order chi connectivity index (χ1) is 13.4. The fraction of sp³-hybridized carbons (Fsp3) is 0.304. The molecule has 144 valence electrons. The van der Waals surface area contributed by atoms with Crippen LogP contribution >= 0.6 is 0 Å². The van der Waals surface area contributed by atoms with Crippen LogP contribution in [0.5, 0.6) is 0 Å². The molecule has 1 aliphatic rings. The van der Waals surface area contributed by atoms with Gasteiger partial charge in [-0.3, -0.25) is 4.79 Å². The lowest BCUT2D eigenvalue weighted by Gasteiger charge is -2.14. The minimum absolute atomic E-state index is 0.348. The van der Waals surface area contributed by atoms with Crippen LogP contribution in [0.4, 0.5) is 5.69 Å². The fourth-order valence-corrected chi connectivity index (χ4v) is 3.67. The van der Waals surface area contributed by atoms with Gasteiger partial charge < -0.3 is 14.6 Å². The van der Waals surface area contributed by atoms with Gasteiger partial charge in [0.05, 0.1) is 5.56 Å². The number of hydrogen-bond acceptors (Lipinski definition) is 3. The number of nitrogens with zero attached hydrogens (tertiary/aromatic N) is 1. The highest BCUT2D eigenvalue weighted by molar-refractivity contribution is 5.99. The molecular weight excluding hydrogens is 352 g/mol. The summed E-state index contributed by atoms with van der Waals surface area (Å²) in [5, 5.41) is 4.97. The normalized spacial score (nSPS) is 14.7. The summed E-state index contributed by atoms with van der Waals surface area (Å²) in [5.74, 6) is -0.805. The number of nitrogens with one attached hydrogen (secondary N) is 1. The Kier molecular flexibility index (Phi) is 4.67. The van der Waals surface area contributed by atoms with E-state index >= 15 is 0 Å². The predicted molar refractivity (Wildman–Crippen MR) is 110 cm³/mol. The summed E-state index contributed by atoms with van der Waals surface area (Å²) >= 11 is 0. The highest BCUT2D eigenvalue weighted by atomic mass is 16.5. The molecule has 1 fully saturated rings. The van der Waals surface area contributed by atoms with Gasteiger partial charge in [0.2, 0.25) is 0 Å². The number of rotatable bonds is 5.